The summed E-state index contributed by atoms with van der Waals surface area (Å²) in [5.41, 5.74) is 1.11. The zero-order valence-electron chi connectivity index (χ0n) is 8.40. The molecule has 0 saturated carbocycles. The fraction of sp³-hybridized carbons (Fsp3) is 0.667. The van der Waals surface area contributed by atoms with Gasteiger partial charge in [-0.05, 0) is 28.9 Å². The zero-order chi connectivity index (χ0) is 10.6. The number of hydrogen-bond acceptors (Lipinski definition) is 3. The van der Waals surface area contributed by atoms with Gasteiger partial charge in [-0.3, -0.25) is 4.68 Å². The normalized spacial score (nSPS) is 13.1. The van der Waals surface area contributed by atoms with Crippen molar-refractivity contribution in [3.05, 3.63) is 16.4 Å². The van der Waals surface area contributed by atoms with Gasteiger partial charge >= 0.3 is 0 Å². The molecule has 0 saturated heterocycles. The maximum atomic E-state index is 8.74. The van der Waals surface area contributed by atoms with Gasteiger partial charge < -0.3 is 9.84 Å². The van der Waals surface area contributed by atoms with E-state index in [0.717, 1.165) is 16.7 Å². The zero-order valence-corrected chi connectivity index (χ0v) is 9.99. The van der Waals surface area contributed by atoms with E-state index in [0.29, 0.717) is 6.61 Å². The Bertz CT molecular complexity index is 288. The molecule has 80 valence electrons. The minimum absolute atomic E-state index is 0.0646. The molecule has 0 fully saturated rings. The molecule has 0 aliphatic rings. The first kappa shape index (κ1) is 11.7. The van der Waals surface area contributed by atoms with E-state index in [4.69, 9.17) is 9.84 Å². The van der Waals surface area contributed by atoms with E-state index < -0.39 is 0 Å². The van der Waals surface area contributed by atoms with Crippen LogP contribution in [0.3, 0.4) is 0 Å². The topological polar surface area (TPSA) is 47.3 Å². The highest BCUT2D eigenvalue weighted by atomic mass is 79.9. The van der Waals surface area contributed by atoms with Gasteiger partial charge in [-0.2, -0.15) is 5.10 Å². The predicted molar refractivity (Wildman–Crippen MR) is 57.1 cm³/mol. The molecule has 1 rings (SSSR count). The van der Waals surface area contributed by atoms with Gasteiger partial charge in [0.25, 0.3) is 0 Å². The van der Waals surface area contributed by atoms with E-state index in [1.54, 1.807) is 0 Å². The molecule has 0 radical (unpaired) electrons. The lowest BCUT2D eigenvalue weighted by Crippen LogP contribution is -2.15. The molecule has 5 heteroatoms. The van der Waals surface area contributed by atoms with E-state index in [9.17, 15) is 0 Å². The molecule has 1 heterocycles. The van der Waals surface area contributed by atoms with Crippen molar-refractivity contribution < 1.29 is 9.84 Å². The minimum atomic E-state index is -0.0910. The molecule has 0 amide bonds. The molecule has 1 atom stereocenters. The summed E-state index contributed by atoms with van der Waals surface area (Å²) in [7, 11) is 1.90. The fourth-order valence-corrected chi connectivity index (χ4v) is 1.62. The molecule has 1 aromatic heterocycles. The Balaban J connectivity index is 2.34. The van der Waals surface area contributed by atoms with E-state index in [2.05, 4.69) is 21.0 Å². The molecular weight excluding hydrogens is 248 g/mol. The number of hydrogen-bond donors (Lipinski definition) is 1. The maximum Gasteiger partial charge on any atom is 0.128 e. The van der Waals surface area contributed by atoms with Gasteiger partial charge in [0, 0.05) is 19.2 Å². The molecule has 0 aromatic carbocycles. The van der Waals surface area contributed by atoms with E-state index >= 15 is 0 Å². The molecular formula is C9H15BrN2O2. The summed E-state index contributed by atoms with van der Waals surface area (Å²) in [4.78, 5) is 0. The van der Waals surface area contributed by atoms with Crippen LogP contribution < -0.4 is 0 Å². The number of aliphatic hydroxyl groups excluding tert-OH is 1. The van der Waals surface area contributed by atoms with Crippen LogP contribution in [0, 0.1) is 0 Å². The highest BCUT2D eigenvalue weighted by molar-refractivity contribution is 9.10. The molecule has 0 aliphatic carbocycles. The van der Waals surface area contributed by atoms with Gasteiger partial charge in [-0.25, -0.2) is 0 Å². The lowest BCUT2D eigenvalue weighted by Gasteiger charge is -2.09. The number of ether oxygens (including phenoxy) is 1. The van der Waals surface area contributed by atoms with E-state index in [1.165, 1.54) is 0 Å². The molecule has 4 nitrogen and oxygen atoms in total. The standard InChI is InChI=1S/C9H15BrN2O2/c1-7(6-13)14-4-3-8-5-9(10)11-12(8)2/h5,7,13H,3-4,6H2,1-2H3. The van der Waals surface area contributed by atoms with Gasteiger partial charge in [-0.1, -0.05) is 0 Å². The average molecular weight is 263 g/mol. The maximum absolute atomic E-state index is 8.74. The van der Waals surface area contributed by atoms with E-state index in [1.807, 2.05) is 24.7 Å². The van der Waals surface area contributed by atoms with Crippen molar-refractivity contribution in [1.29, 1.82) is 0 Å². The Morgan fingerprint density at radius 3 is 2.93 bits per heavy atom. The van der Waals surface area contributed by atoms with Crippen molar-refractivity contribution in [1.82, 2.24) is 9.78 Å². The van der Waals surface area contributed by atoms with Crippen LogP contribution in [0.1, 0.15) is 12.6 Å². The van der Waals surface area contributed by atoms with Gasteiger partial charge in [0.1, 0.15) is 4.60 Å². The third-order valence-electron chi connectivity index (χ3n) is 1.96. The van der Waals surface area contributed by atoms with Crippen molar-refractivity contribution in [2.24, 2.45) is 7.05 Å². The smallest absolute Gasteiger partial charge is 0.128 e. The SMILES string of the molecule is CC(CO)OCCc1cc(Br)nn1C. The van der Waals surface area contributed by atoms with E-state index in [-0.39, 0.29) is 12.7 Å². The third-order valence-corrected chi connectivity index (χ3v) is 2.35. The van der Waals surface area contributed by atoms with Crippen molar-refractivity contribution in [3.63, 3.8) is 0 Å². The summed E-state index contributed by atoms with van der Waals surface area (Å²) < 4.78 is 8.01. The molecule has 0 aliphatic heterocycles. The summed E-state index contributed by atoms with van der Waals surface area (Å²) in [5.74, 6) is 0. The Labute approximate surface area is 92.0 Å². The summed E-state index contributed by atoms with van der Waals surface area (Å²) >= 11 is 3.30. The summed E-state index contributed by atoms with van der Waals surface area (Å²) in [5, 5.41) is 12.9. The average Bonchev–Trinajstić information content (AvgIpc) is 2.45. The van der Waals surface area contributed by atoms with Crippen LogP contribution in [0.25, 0.3) is 0 Å². The molecule has 14 heavy (non-hydrogen) atoms. The van der Waals surface area contributed by atoms with Gasteiger partial charge in [-0.15, -0.1) is 0 Å². The summed E-state index contributed by atoms with van der Waals surface area (Å²) in [6.07, 6.45) is 0.714. The number of aliphatic hydroxyl groups is 1. The Morgan fingerprint density at radius 1 is 1.71 bits per heavy atom. The Kier molecular flexibility index (Phi) is 4.57. The first-order valence-corrected chi connectivity index (χ1v) is 5.33. The number of rotatable bonds is 5. The second kappa shape index (κ2) is 5.48. The monoisotopic (exact) mass is 262 g/mol. The van der Waals surface area contributed by atoms with Gasteiger partial charge in [0.15, 0.2) is 0 Å². The fourth-order valence-electron chi connectivity index (χ4n) is 1.12. The highest BCUT2D eigenvalue weighted by Crippen LogP contribution is 2.10. The molecule has 0 bridgehead atoms. The van der Waals surface area contributed by atoms with Crippen molar-refractivity contribution in [3.8, 4) is 0 Å². The quantitative estimate of drug-likeness (QED) is 0.866. The first-order valence-electron chi connectivity index (χ1n) is 4.54. The second-order valence-electron chi connectivity index (χ2n) is 3.20. The molecule has 1 N–H and O–H groups in total. The molecule has 1 aromatic rings. The van der Waals surface area contributed by atoms with Gasteiger partial charge in [0.2, 0.25) is 0 Å². The third kappa shape index (κ3) is 3.40. The number of aryl methyl sites for hydroxylation is 1. The molecule has 0 spiro atoms. The Morgan fingerprint density at radius 2 is 2.43 bits per heavy atom. The van der Waals surface area contributed by atoms with Crippen molar-refractivity contribution in [2.45, 2.75) is 19.4 Å². The van der Waals surface area contributed by atoms with Crippen molar-refractivity contribution in [2.75, 3.05) is 13.2 Å². The van der Waals surface area contributed by atoms with Crippen molar-refractivity contribution >= 4 is 15.9 Å². The lowest BCUT2D eigenvalue weighted by atomic mass is 10.3. The summed E-state index contributed by atoms with van der Waals surface area (Å²) in [6.45, 7) is 2.52. The Hall–Kier alpha value is -0.390. The molecule has 1 unspecified atom stereocenters. The highest BCUT2D eigenvalue weighted by Gasteiger charge is 2.04. The minimum Gasteiger partial charge on any atom is -0.394 e. The van der Waals surface area contributed by atoms with Crippen LogP contribution in [-0.2, 0) is 18.2 Å². The number of halogens is 1. The van der Waals surface area contributed by atoms with Crippen LogP contribution in [0.5, 0.6) is 0 Å². The first-order chi connectivity index (χ1) is 6.63. The number of aromatic nitrogens is 2. The van der Waals surface area contributed by atoms with Gasteiger partial charge in [0.05, 0.1) is 19.3 Å². The largest absolute Gasteiger partial charge is 0.394 e. The predicted octanol–water partition coefficient (Wildman–Crippen LogP) is 1.12. The van der Waals surface area contributed by atoms with Crippen LogP contribution in [-0.4, -0.2) is 34.2 Å². The van der Waals surface area contributed by atoms with Crippen LogP contribution in [0.15, 0.2) is 10.7 Å². The summed E-state index contributed by atoms with van der Waals surface area (Å²) in [6, 6.07) is 1.97. The lowest BCUT2D eigenvalue weighted by molar-refractivity contribution is 0.0261. The number of nitrogens with zero attached hydrogens (tertiary/aromatic N) is 2. The van der Waals surface area contributed by atoms with Crippen LogP contribution in [0.2, 0.25) is 0 Å². The van der Waals surface area contributed by atoms with Crippen LogP contribution >= 0.6 is 15.9 Å². The second-order valence-corrected chi connectivity index (χ2v) is 4.01. The van der Waals surface area contributed by atoms with Crippen LogP contribution in [0.4, 0.5) is 0 Å².